The topological polar surface area (TPSA) is 49.9 Å². The highest BCUT2D eigenvalue weighted by atomic mass is 19.4. The molecule has 3 rings (SSSR count). The van der Waals surface area contributed by atoms with Crippen LogP contribution < -0.4 is 9.64 Å². The van der Waals surface area contributed by atoms with Gasteiger partial charge in [-0.1, -0.05) is 0 Å². The number of rotatable bonds is 7. The van der Waals surface area contributed by atoms with Crippen LogP contribution in [-0.4, -0.2) is 43.5 Å². The van der Waals surface area contributed by atoms with Gasteiger partial charge < -0.3 is 14.5 Å². The lowest BCUT2D eigenvalue weighted by atomic mass is 10.1. The number of hydrogen-bond donors (Lipinski definition) is 0. The van der Waals surface area contributed by atoms with Gasteiger partial charge in [0.25, 0.3) is 5.91 Å². The number of carbonyl (C=O) groups is 2. The molecule has 5 nitrogen and oxygen atoms in total. The molecule has 0 bridgehead atoms. The molecule has 2 aromatic rings. The summed E-state index contributed by atoms with van der Waals surface area (Å²) >= 11 is 0. The van der Waals surface area contributed by atoms with Gasteiger partial charge in [-0.05, 0) is 55.3 Å². The van der Waals surface area contributed by atoms with Crippen LogP contribution in [0.15, 0.2) is 42.5 Å². The van der Waals surface area contributed by atoms with Crippen LogP contribution in [0.5, 0.6) is 5.75 Å². The summed E-state index contributed by atoms with van der Waals surface area (Å²) in [6.07, 6.45) is -3.38. The van der Waals surface area contributed by atoms with Crippen LogP contribution in [0, 0.1) is 5.82 Å². The van der Waals surface area contributed by atoms with Gasteiger partial charge in [0.1, 0.15) is 11.6 Å². The van der Waals surface area contributed by atoms with E-state index in [1.165, 1.54) is 47.2 Å². The predicted octanol–water partition coefficient (Wildman–Crippen LogP) is 4.51. The maximum absolute atomic E-state index is 13.4. The molecule has 1 saturated heterocycles. The zero-order valence-electron chi connectivity index (χ0n) is 16.9. The van der Waals surface area contributed by atoms with Gasteiger partial charge in [-0.15, -0.1) is 0 Å². The molecular weight excluding hydrogens is 416 g/mol. The normalized spacial score (nSPS) is 14.1. The van der Waals surface area contributed by atoms with Gasteiger partial charge in [0.05, 0.1) is 12.2 Å². The van der Waals surface area contributed by atoms with Crippen molar-refractivity contribution in [1.82, 2.24) is 4.90 Å². The van der Waals surface area contributed by atoms with E-state index in [1.807, 2.05) is 0 Å². The summed E-state index contributed by atoms with van der Waals surface area (Å²) in [6.45, 7) is 0.817. The molecule has 0 saturated carbocycles. The minimum Gasteiger partial charge on any atom is -0.494 e. The predicted molar refractivity (Wildman–Crippen MR) is 107 cm³/mol. The van der Waals surface area contributed by atoms with Crippen LogP contribution in [0.25, 0.3) is 0 Å². The van der Waals surface area contributed by atoms with Crippen molar-refractivity contribution >= 4 is 17.5 Å². The highest BCUT2D eigenvalue weighted by Gasteiger charge is 2.33. The Morgan fingerprint density at radius 1 is 1.16 bits per heavy atom. The third-order valence-corrected chi connectivity index (χ3v) is 4.94. The van der Waals surface area contributed by atoms with E-state index in [0.717, 1.165) is 12.1 Å². The number of hydrogen-bond acceptors (Lipinski definition) is 3. The molecule has 0 aliphatic carbocycles. The van der Waals surface area contributed by atoms with E-state index in [0.29, 0.717) is 25.1 Å². The molecule has 0 spiro atoms. The first kappa shape index (κ1) is 22.6. The lowest BCUT2D eigenvalue weighted by Crippen LogP contribution is -2.30. The van der Waals surface area contributed by atoms with Crippen molar-refractivity contribution in [2.75, 3.05) is 31.6 Å². The lowest BCUT2D eigenvalue weighted by molar-refractivity contribution is -0.137. The summed E-state index contributed by atoms with van der Waals surface area (Å²) in [4.78, 5) is 27.3. The average molecular weight is 438 g/mol. The molecular formula is C22H22F4N2O3. The second-order valence-electron chi connectivity index (χ2n) is 7.30. The van der Waals surface area contributed by atoms with E-state index in [9.17, 15) is 27.2 Å². The van der Waals surface area contributed by atoms with Crippen molar-refractivity contribution in [1.29, 1.82) is 0 Å². The molecule has 0 atom stereocenters. The largest absolute Gasteiger partial charge is 0.494 e. The van der Waals surface area contributed by atoms with Gasteiger partial charge in [0.2, 0.25) is 5.91 Å². The summed E-state index contributed by atoms with van der Waals surface area (Å²) in [6, 6.07) is 8.52. The van der Waals surface area contributed by atoms with Gasteiger partial charge in [0, 0.05) is 37.8 Å². The molecule has 0 unspecified atom stereocenters. The molecule has 2 aromatic carbocycles. The Balaban J connectivity index is 1.67. The Kier molecular flexibility index (Phi) is 6.82. The second-order valence-corrected chi connectivity index (χ2v) is 7.30. The SMILES string of the molecule is CN(CCCOc1ccc(F)cc1)C(=O)c1cc(N2CCCC2=O)cc(C(F)(F)F)c1. The number of nitrogens with zero attached hydrogens (tertiary/aromatic N) is 2. The molecule has 166 valence electrons. The van der Waals surface area contributed by atoms with Crippen LogP contribution in [0.3, 0.4) is 0 Å². The smallest absolute Gasteiger partial charge is 0.416 e. The van der Waals surface area contributed by atoms with E-state index >= 15 is 0 Å². The number of ether oxygens (including phenoxy) is 1. The Labute approximate surface area is 177 Å². The number of anilines is 1. The highest BCUT2D eigenvalue weighted by molar-refractivity contribution is 5.99. The monoisotopic (exact) mass is 438 g/mol. The van der Waals surface area contributed by atoms with Crippen molar-refractivity contribution in [3.63, 3.8) is 0 Å². The van der Waals surface area contributed by atoms with Crippen LogP contribution >= 0.6 is 0 Å². The van der Waals surface area contributed by atoms with Crippen LogP contribution in [-0.2, 0) is 11.0 Å². The Morgan fingerprint density at radius 2 is 1.87 bits per heavy atom. The second kappa shape index (κ2) is 9.36. The van der Waals surface area contributed by atoms with E-state index in [-0.39, 0.29) is 42.5 Å². The van der Waals surface area contributed by atoms with Crippen molar-refractivity contribution in [2.24, 2.45) is 0 Å². The van der Waals surface area contributed by atoms with Crippen molar-refractivity contribution in [3.8, 4) is 5.75 Å². The Hall–Kier alpha value is -3.10. The lowest BCUT2D eigenvalue weighted by Gasteiger charge is -2.22. The Bertz CT molecular complexity index is 945. The average Bonchev–Trinajstić information content (AvgIpc) is 3.16. The molecule has 1 heterocycles. The van der Waals surface area contributed by atoms with Crippen molar-refractivity contribution in [3.05, 3.63) is 59.4 Å². The highest BCUT2D eigenvalue weighted by Crippen LogP contribution is 2.34. The summed E-state index contributed by atoms with van der Waals surface area (Å²) in [5, 5.41) is 0. The third-order valence-electron chi connectivity index (χ3n) is 4.94. The number of benzene rings is 2. The maximum Gasteiger partial charge on any atom is 0.416 e. The summed E-state index contributed by atoms with van der Waals surface area (Å²) < 4.78 is 58.4. The number of alkyl halides is 3. The molecule has 2 amide bonds. The number of carbonyl (C=O) groups excluding carboxylic acids is 2. The number of halogens is 4. The van der Waals surface area contributed by atoms with Crippen LogP contribution in [0.2, 0.25) is 0 Å². The first-order valence-corrected chi connectivity index (χ1v) is 9.81. The molecule has 0 N–H and O–H groups in total. The standard InChI is InChI=1S/C22H22F4N2O3/c1-27(9-3-11-31-19-7-5-17(23)6-8-19)21(30)15-12-16(22(24,25)26)14-18(13-15)28-10-2-4-20(28)29/h5-8,12-14H,2-4,9-11H2,1H3. The Morgan fingerprint density at radius 3 is 2.48 bits per heavy atom. The minimum absolute atomic E-state index is 0.0775. The molecule has 0 aromatic heterocycles. The maximum atomic E-state index is 13.4. The van der Waals surface area contributed by atoms with Crippen molar-refractivity contribution in [2.45, 2.75) is 25.4 Å². The fourth-order valence-corrected chi connectivity index (χ4v) is 3.32. The van der Waals surface area contributed by atoms with Gasteiger partial charge in [-0.25, -0.2) is 4.39 Å². The van der Waals surface area contributed by atoms with E-state index in [4.69, 9.17) is 4.74 Å². The van der Waals surface area contributed by atoms with Gasteiger partial charge in [-0.2, -0.15) is 13.2 Å². The minimum atomic E-state index is -4.64. The third kappa shape index (κ3) is 5.74. The molecule has 9 heteroatoms. The number of amides is 2. The zero-order valence-corrected chi connectivity index (χ0v) is 16.9. The summed E-state index contributed by atoms with van der Waals surface area (Å²) in [7, 11) is 1.49. The first-order valence-electron chi connectivity index (χ1n) is 9.81. The van der Waals surface area contributed by atoms with Gasteiger partial charge in [0.15, 0.2) is 0 Å². The summed E-state index contributed by atoms with van der Waals surface area (Å²) in [5.74, 6) is -0.744. The van der Waals surface area contributed by atoms with Crippen LogP contribution in [0.1, 0.15) is 35.2 Å². The quantitative estimate of drug-likeness (QED) is 0.472. The first-order chi connectivity index (χ1) is 14.6. The van der Waals surface area contributed by atoms with E-state index < -0.39 is 17.6 Å². The molecule has 1 aliphatic rings. The molecule has 31 heavy (non-hydrogen) atoms. The molecule has 0 radical (unpaired) electrons. The van der Waals surface area contributed by atoms with Crippen LogP contribution in [0.4, 0.5) is 23.2 Å². The fraction of sp³-hybridized carbons (Fsp3) is 0.364. The van der Waals surface area contributed by atoms with Gasteiger partial charge >= 0.3 is 6.18 Å². The van der Waals surface area contributed by atoms with E-state index in [2.05, 4.69) is 0 Å². The van der Waals surface area contributed by atoms with Crippen molar-refractivity contribution < 1.29 is 31.9 Å². The van der Waals surface area contributed by atoms with Gasteiger partial charge in [-0.3, -0.25) is 9.59 Å². The molecule has 1 aliphatic heterocycles. The molecule has 1 fully saturated rings. The summed E-state index contributed by atoms with van der Waals surface area (Å²) in [5.41, 5.74) is -1.03. The fourth-order valence-electron chi connectivity index (χ4n) is 3.32. The zero-order chi connectivity index (χ0) is 22.6. The van der Waals surface area contributed by atoms with E-state index in [1.54, 1.807) is 0 Å².